The van der Waals surface area contributed by atoms with Crippen LogP contribution in [0.1, 0.15) is 25.7 Å². The maximum Gasteiger partial charge on any atom is 0.186 e. The van der Waals surface area contributed by atoms with Crippen LogP contribution in [0.2, 0.25) is 0 Å². The highest BCUT2D eigenvalue weighted by Gasteiger charge is 2.25. The van der Waals surface area contributed by atoms with Gasteiger partial charge in [-0.1, -0.05) is 12.8 Å². The zero-order chi connectivity index (χ0) is 9.84. The normalized spacial score (nSPS) is 28.0. The summed E-state index contributed by atoms with van der Waals surface area (Å²) in [5, 5.41) is 10.7. The van der Waals surface area contributed by atoms with Gasteiger partial charge in [0.2, 0.25) is 0 Å². The second-order valence-electron chi connectivity index (χ2n) is 3.33. The number of hydrogen-bond donors (Lipinski definition) is 2. The number of aliphatic imine (C=N–C) groups is 1. The van der Waals surface area contributed by atoms with E-state index in [1.54, 1.807) is 0 Å². The topological polar surface area (TPSA) is 105 Å². The molecule has 5 nitrogen and oxygen atoms in total. The molecule has 0 spiro atoms. The number of carboxylic acid groups (broad SMARTS) is 1. The van der Waals surface area contributed by atoms with E-state index in [0.29, 0.717) is 6.42 Å². The Labute approximate surface area is 76.8 Å². The Balaban J connectivity index is 2.67. The number of carbonyl (C=O) groups excluding carboxylic acids is 1. The molecule has 0 aromatic carbocycles. The molecule has 0 aromatic heterocycles. The van der Waals surface area contributed by atoms with E-state index in [-0.39, 0.29) is 12.0 Å². The standard InChI is InChI=1S/C8H15N3O2/c9-8(10)11-6-4-2-1-3-5(6)7(12)13/h5-6H,1-4H2,(H,12,13)(H4,9,10,11)/p-1. The smallest absolute Gasteiger partial charge is 0.186 e. The number of rotatable bonds is 2. The van der Waals surface area contributed by atoms with Crippen LogP contribution in [0.4, 0.5) is 0 Å². The van der Waals surface area contributed by atoms with Gasteiger partial charge in [-0.25, -0.2) is 4.99 Å². The third-order valence-corrected chi connectivity index (χ3v) is 2.35. The minimum Gasteiger partial charge on any atom is -0.550 e. The largest absolute Gasteiger partial charge is 0.550 e. The van der Waals surface area contributed by atoms with Gasteiger partial charge in [-0.3, -0.25) is 0 Å². The number of aliphatic carboxylic acids is 1. The molecule has 1 fully saturated rings. The van der Waals surface area contributed by atoms with Gasteiger partial charge in [-0.2, -0.15) is 0 Å². The van der Waals surface area contributed by atoms with Crippen LogP contribution in [0, 0.1) is 5.92 Å². The quantitative estimate of drug-likeness (QED) is 0.405. The predicted molar refractivity (Wildman–Crippen MR) is 46.6 cm³/mol. The van der Waals surface area contributed by atoms with Crippen LogP contribution in [0.15, 0.2) is 4.99 Å². The summed E-state index contributed by atoms with van der Waals surface area (Å²) in [6, 6.07) is -0.288. The van der Waals surface area contributed by atoms with Crippen molar-refractivity contribution in [3.05, 3.63) is 0 Å². The van der Waals surface area contributed by atoms with Gasteiger partial charge in [0.25, 0.3) is 0 Å². The molecule has 0 radical (unpaired) electrons. The van der Waals surface area contributed by atoms with Crippen molar-refractivity contribution in [3.63, 3.8) is 0 Å². The molecule has 0 aromatic rings. The minimum atomic E-state index is -1.05. The van der Waals surface area contributed by atoms with E-state index in [0.717, 1.165) is 19.3 Å². The lowest BCUT2D eigenvalue weighted by Crippen LogP contribution is -2.41. The van der Waals surface area contributed by atoms with Crippen molar-refractivity contribution < 1.29 is 9.90 Å². The Morgan fingerprint density at radius 2 is 1.92 bits per heavy atom. The third-order valence-electron chi connectivity index (χ3n) is 2.35. The highest BCUT2D eigenvalue weighted by Crippen LogP contribution is 2.26. The van der Waals surface area contributed by atoms with Crippen molar-refractivity contribution >= 4 is 11.9 Å². The van der Waals surface area contributed by atoms with Crippen LogP contribution in [0.3, 0.4) is 0 Å². The van der Waals surface area contributed by atoms with Gasteiger partial charge >= 0.3 is 0 Å². The van der Waals surface area contributed by atoms with Gasteiger partial charge in [0.15, 0.2) is 5.96 Å². The van der Waals surface area contributed by atoms with Crippen LogP contribution in [-0.2, 0) is 4.79 Å². The highest BCUT2D eigenvalue weighted by molar-refractivity contribution is 5.77. The van der Waals surface area contributed by atoms with E-state index in [4.69, 9.17) is 11.5 Å². The summed E-state index contributed by atoms with van der Waals surface area (Å²) in [5.74, 6) is -1.61. The molecule has 74 valence electrons. The van der Waals surface area contributed by atoms with Gasteiger partial charge in [-0.15, -0.1) is 0 Å². The first-order valence-electron chi connectivity index (χ1n) is 4.41. The summed E-state index contributed by atoms with van der Waals surface area (Å²) >= 11 is 0. The summed E-state index contributed by atoms with van der Waals surface area (Å²) < 4.78 is 0. The Bertz CT molecular complexity index is 223. The van der Waals surface area contributed by atoms with Crippen molar-refractivity contribution in [2.24, 2.45) is 22.4 Å². The van der Waals surface area contributed by atoms with Crippen LogP contribution >= 0.6 is 0 Å². The second kappa shape index (κ2) is 4.11. The molecule has 1 saturated carbocycles. The van der Waals surface area contributed by atoms with Gasteiger partial charge < -0.3 is 21.4 Å². The van der Waals surface area contributed by atoms with Crippen LogP contribution in [0.5, 0.6) is 0 Å². The summed E-state index contributed by atoms with van der Waals surface area (Å²) in [5.41, 5.74) is 10.4. The van der Waals surface area contributed by atoms with E-state index in [2.05, 4.69) is 4.99 Å². The average Bonchev–Trinajstić information content (AvgIpc) is 2.03. The van der Waals surface area contributed by atoms with Crippen molar-refractivity contribution in [1.29, 1.82) is 0 Å². The second-order valence-corrected chi connectivity index (χ2v) is 3.33. The average molecular weight is 184 g/mol. The Morgan fingerprint density at radius 3 is 2.46 bits per heavy atom. The van der Waals surface area contributed by atoms with Gasteiger partial charge in [0.1, 0.15) is 0 Å². The lowest BCUT2D eigenvalue weighted by molar-refractivity contribution is -0.312. The fourth-order valence-corrected chi connectivity index (χ4v) is 1.73. The lowest BCUT2D eigenvalue weighted by Gasteiger charge is -2.29. The molecular formula is C8H14N3O2-. The number of carbonyl (C=O) groups is 1. The lowest BCUT2D eigenvalue weighted by atomic mass is 9.85. The van der Waals surface area contributed by atoms with Crippen molar-refractivity contribution in [2.75, 3.05) is 0 Å². The first kappa shape index (κ1) is 9.83. The Kier molecular flexibility index (Phi) is 3.11. The monoisotopic (exact) mass is 184 g/mol. The molecule has 2 atom stereocenters. The van der Waals surface area contributed by atoms with Gasteiger partial charge in [0, 0.05) is 11.9 Å². The number of nitrogens with two attached hydrogens (primary N) is 2. The van der Waals surface area contributed by atoms with E-state index in [1.807, 2.05) is 0 Å². The molecule has 0 amide bonds. The minimum absolute atomic E-state index is 0.0434. The highest BCUT2D eigenvalue weighted by atomic mass is 16.4. The zero-order valence-electron chi connectivity index (χ0n) is 7.40. The molecule has 0 bridgehead atoms. The number of guanidine groups is 1. The third kappa shape index (κ3) is 2.61. The molecular weight excluding hydrogens is 170 g/mol. The fraction of sp³-hybridized carbons (Fsp3) is 0.750. The molecule has 4 N–H and O–H groups in total. The summed E-state index contributed by atoms with van der Waals surface area (Å²) in [4.78, 5) is 14.6. The molecule has 2 unspecified atom stereocenters. The zero-order valence-corrected chi connectivity index (χ0v) is 7.40. The Morgan fingerprint density at radius 1 is 1.31 bits per heavy atom. The van der Waals surface area contributed by atoms with E-state index < -0.39 is 11.9 Å². The molecule has 1 rings (SSSR count). The van der Waals surface area contributed by atoms with Crippen LogP contribution in [-0.4, -0.2) is 18.0 Å². The van der Waals surface area contributed by atoms with Crippen LogP contribution < -0.4 is 16.6 Å². The Hall–Kier alpha value is -1.26. The molecule has 0 saturated heterocycles. The van der Waals surface area contributed by atoms with Crippen molar-refractivity contribution in [3.8, 4) is 0 Å². The van der Waals surface area contributed by atoms with Gasteiger partial charge in [-0.05, 0) is 12.8 Å². The fourth-order valence-electron chi connectivity index (χ4n) is 1.73. The van der Waals surface area contributed by atoms with Gasteiger partial charge in [0.05, 0.1) is 6.04 Å². The van der Waals surface area contributed by atoms with Crippen molar-refractivity contribution in [2.45, 2.75) is 31.7 Å². The molecule has 0 heterocycles. The summed E-state index contributed by atoms with van der Waals surface area (Å²) in [6.45, 7) is 0. The maximum atomic E-state index is 10.7. The molecule has 5 heteroatoms. The van der Waals surface area contributed by atoms with Crippen molar-refractivity contribution in [1.82, 2.24) is 0 Å². The summed E-state index contributed by atoms with van der Waals surface area (Å²) in [7, 11) is 0. The molecule has 1 aliphatic carbocycles. The predicted octanol–water partition coefficient (Wildman–Crippen LogP) is -1.43. The first-order valence-corrected chi connectivity index (χ1v) is 4.41. The van der Waals surface area contributed by atoms with E-state index in [9.17, 15) is 9.90 Å². The van der Waals surface area contributed by atoms with E-state index >= 15 is 0 Å². The molecule has 13 heavy (non-hydrogen) atoms. The summed E-state index contributed by atoms with van der Waals surface area (Å²) in [6.07, 6.45) is 3.24. The van der Waals surface area contributed by atoms with Crippen LogP contribution in [0.25, 0.3) is 0 Å². The maximum absolute atomic E-state index is 10.7. The SMILES string of the molecule is NC(N)=NC1CCCCC1C(=O)[O-]. The number of hydrogen-bond acceptors (Lipinski definition) is 3. The van der Waals surface area contributed by atoms with E-state index in [1.165, 1.54) is 0 Å². The molecule has 1 aliphatic rings. The molecule has 0 aliphatic heterocycles. The number of nitrogens with zero attached hydrogens (tertiary/aromatic N) is 1. The first-order chi connectivity index (χ1) is 6.11. The number of carboxylic acids is 1.